The molecule has 0 saturated carbocycles. The van der Waals surface area contributed by atoms with Crippen LogP contribution in [0.15, 0.2) is 46.7 Å². The van der Waals surface area contributed by atoms with E-state index in [-0.39, 0.29) is 18.2 Å². The van der Waals surface area contributed by atoms with Crippen LogP contribution in [0.4, 0.5) is 11.1 Å². The quantitative estimate of drug-likeness (QED) is 0.699. The Kier molecular flexibility index (Phi) is 5.29. The number of thiazole rings is 1. The van der Waals surface area contributed by atoms with E-state index in [4.69, 9.17) is 4.42 Å². The molecule has 1 N–H and O–H groups in total. The molecular weight excluding hydrogens is 380 g/mol. The SMILES string of the molecule is O=C(Cc1csc(Nc2ncccn2)n1)N1CCN(C(=O)c2ccco2)CC1. The Hall–Kier alpha value is -3.27. The van der Waals surface area contributed by atoms with Crippen LogP contribution in [0.25, 0.3) is 0 Å². The molecule has 3 aromatic heterocycles. The van der Waals surface area contributed by atoms with Crippen molar-refractivity contribution in [2.75, 3.05) is 31.5 Å². The number of nitrogens with zero attached hydrogens (tertiary/aromatic N) is 5. The van der Waals surface area contributed by atoms with Gasteiger partial charge in [-0.3, -0.25) is 9.59 Å². The zero-order valence-electron chi connectivity index (χ0n) is 14.9. The van der Waals surface area contributed by atoms with Crippen molar-refractivity contribution in [1.82, 2.24) is 24.8 Å². The maximum absolute atomic E-state index is 12.6. The number of amides is 2. The van der Waals surface area contributed by atoms with Gasteiger partial charge in [-0.2, -0.15) is 0 Å². The molecule has 4 rings (SSSR count). The molecule has 1 fully saturated rings. The fourth-order valence-corrected chi connectivity index (χ4v) is 3.59. The topological polar surface area (TPSA) is 104 Å². The maximum Gasteiger partial charge on any atom is 0.289 e. The zero-order valence-corrected chi connectivity index (χ0v) is 15.8. The van der Waals surface area contributed by atoms with Gasteiger partial charge in [-0.15, -0.1) is 11.3 Å². The molecule has 0 atom stereocenters. The lowest BCUT2D eigenvalue weighted by molar-refractivity contribution is -0.132. The van der Waals surface area contributed by atoms with E-state index in [1.54, 1.807) is 40.4 Å². The fraction of sp³-hybridized carbons (Fsp3) is 0.278. The van der Waals surface area contributed by atoms with Crippen molar-refractivity contribution in [3.63, 3.8) is 0 Å². The summed E-state index contributed by atoms with van der Waals surface area (Å²) in [6.45, 7) is 1.97. The summed E-state index contributed by atoms with van der Waals surface area (Å²) in [5.74, 6) is 0.644. The van der Waals surface area contributed by atoms with Crippen LogP contribution in [0.5, 0.6) is 0 Å². The fourth-order valence-electron chi connectivity index (χ4n) is 2.89. The van der Waals surface area contributed by atoms with Crippen LogP contribution in [0.1, 0.15) is 16.2 Å². The van der Waals surface area contributed by atoms with Crippen molar-refractivity contribution in [1.29, 1.82) is 0 Å². The number of hydrogen-bond acceptors (Lipinski definition) is 8. The maximum atomic E-state index is 12.6. The van der Waals surface area contributed by atoms with Gasteiger partial charge in [0.2, 0.25) is 11.9 Å². The summed E-state index contributed by atoms with van der Waals surface area (Å²) in [7, 11) is 0. The number of nitrogens with one attached hydrogen (secondary N) is 1. The molecule has 1 saturated heterocycles. The third kappa shape index (κ3) is 4.17. The number of hydrogen-bond donors (Lipinski definition) is 1. The average Bonchev–Trinajstić information content (AvgIpc) is 3.41. The Morgan fingerprint density at radius 1 is 1.11 bits per heavy atom. The van der Waals surface area contributed by atoms with Gasteiger partial charge in [0.05, 0.1) is 18.4 Å². The summed E-state index contributed by atoms with van der Waals surface area (Å²) >= 11 is 1.40. The van der Waals surface area contributed by atoms with E-state index in [1.807, 2.05) is 5.38 Å². The number of carbonyl (C=O) groups excluding carboxylic acids is 2. The molecule has 0 radical (unpaired) electrons. The van der Waals surface area contributed by atoms with Gasteiger partial charge < -0.3 is 19.5 Å². The van der Waals surface area contributed by atoms with Gasteiger partial charge >= 0.3 is 0 Å². The summed E-state index contributed by atoms with van der Waals surface area (Å²) in [6, 6.07) is 5.07. The first-order chi connectivity index (χ1) is 13.7. The first-order valence-corrected chi connectivity index (χ1v) is 9.66. The van der Waals surface area contributed by atoms with Gasteiger partial charge in [0.1, 0.15) is 0 Å². The van der Waals surface area contributed by atoms with E-state index in [0.29, 0.717) is 48.7 Å². The van der Waals surface area contributed by atoms with Gasteiger partial charge in [-0.1, -0.05) is 0 Å². The van der Waals surface area contributed by atoms with Crippen LogP contribution < -0.4 is 5.32 Å². The second-order valence-corrected chi connectivity index (χ2v) is 7.03. The number of piperazine rings is 1. The molecule has 0 bridgehead atoms. The number of anilines is 2. The predicted molar refractivity (Wildman–Crippen MR) is 102 cm³/mol. The van der Waals surface area contributed by atoms with E-state index in [1.165, 1.54) is 17.6 Å². The smallest absolute Gasteiger partial charge is 0.289 e. The van der Waals surface area contributed by atoms with Crippen molar-refractivity contribution in [3.8, 4) is 0 Å². The van der Waals surface area contributed by atoms with Gasteiger partial charge in [-0.25, -0.2) is 15.0 Å². The normalized spacial score (nSPS) is 14.1. The van der Waals surface area contributed by atoms with Gasteiger partial charge in [-0.05, 0) is 18.2 Å². The predicted octanol–water partition coefficient (Wildman–Crippen LogP) is 1.80. The van der Waals surface area contributed by atoms with Gasteiger partial charge in [0, 0.05) is 44.0 Å². The zero-order chi connectivity index (χ0) is 19.3. The highest BCUT2D eigenvalue weighted by molar-refractivity contribution is 7.13. The number of aromatic nitrogens is 3. The molecule has 1 aliphatic heterocycles. The largest absolute Gasteiger partial charge is 0.459 e. The second-order valence-electron chi connectivity index (χ2n) is 6.17. The highest BCUT2D eigenvalue weighted by atomic mass is 32.1. The Bertz CT molecular complexity index is 935. The van der Waals surface area contributed by atoms with Gasteiger partial charge in [0.25, 0.3) is 5.91 Å². The van der Waals surface area contributed by atoms with Crippen molar-refractivity contribution in [2.24, 2.45) is 0 Å². The van der Waals surface area contributed by atoms with Crippen LogP contribution in [-0.4, -0.2) is 62.7 Å². The molecular formula is C18H18N6O3S. The lowest BCUT2D eigenvalue weighted by Gasteiger charge is -2.34. The van der Waals surface area contributed by atoms with Crippen LogP contribution in [0, 0.1) is 0 Å². The molecule has 0 aliphatic carbocycles. The lowest BCUT2D eigenvalue weighted by atomic mass is 10.2. The minimum atomic E-state index is -0.143. The Morgan fingerprint density at radius 2 is 1.86 bits per heavy atom. The van der Waals surface area contributed by atoms with Crippen LogP contribution in [-0.2, 0) is 11.2 Å². The second kappa shape index (κ2) is 8.17. The minimum absolute atomic E-state index is 0.00194. The lowest BCUT2D eigenvalue weighted by Crippen LogP contribution is -2.50. The van der Waals surface area contributed by atoms with E-state index >= 15 is 0 Å². The van der Waals surface area contributed by atoms with Crippen LogP contribution in [0.2, 0.25) is 0 Å². The molecule has 1 aliphatic rings. The van der Waals surface area contributed by atoms with Crippen molar-refractivity contribution >= 4 is 34.2 Å². The van der Waals surface area contributed by atoms with E-state index in [0.717, 1.165) is 0 Å². The molecule has 10 heteroatoms. The average molecular weight is 398 g/mol. The summed E-state index contributed by atoms with van der Waals surface area (Å²) < 4.78 is 5.15. The first-order valence-electron chi connectivity index (χ1n) is 8.78. The Morgan fingerprint density at radius 3 is 2.57 bits per heavy atom. The van der Waals surface area contributed by atoms with Crippen molar-refractivity contribution < 1.29 is 14.0 Å². The third-order valence-corrected chi connectivity index (χ3v) is 5.13. The molecule has 3 aromatic rings. The Balaban J connectivity index is 1.28. The van der Waals surface area contributed by atoms with Crippen LogP contribution >= 0.6 is 11.3 Å². The number of rotatable bonds is 5. The molecule has 0 unspecified atom stereocenters. The molecule has 144 valence electrons. The third-order valence-electron chi connectivity index (χ3n) is 4.32. The highest BCUT2D eigenvalue weighted by Crippen LogP contribution is 2.19. The number of furan rings is 1. The molecule has 4 heterocycles. The highest BCUT2D eigenvalue weighted by Gasteiger charge is 2.26. The monoisotopic (exact) mass is 398 g/mol. The molecule has 9 nitrogen and oxygen atoms in total. The Labute approximate surface area is 165 Å². The summed E-state index contributed by atoms with van der Waals surface area (Å²) in [6.07, 6.45) is 4.99. The van der Waals surface area contributed by atoms with Crippen LogP contribution in [0.3, 0.4) is 0 Å². The van der Waals surface area contributed by atoms with Gasteiger partial charge in [0.15, 0.2) is 10.9 Å². The molecule has 0 aromatic carbocycles. The van der Waals surface area contributed by atoms with E-state index in [2.05, 4.69) is 20.3 Å². The molecule has 28 heavy (non-hydrogen) atoms. The van der Waals surface area contributed by atoms with E-state index < -0.39 is 0 Å². The number of carbonyl (C=O) groups is 2. The van der Waals surface area contributed by atoms with Crippen molar-refractivity contribution in [3.05, 3.63) is 53.7 Å². The standard InChI is InChI=1S/C18H18N6O3S/c25-15(11-13-12-28-18(21-13)22-17-19-4-2-5-20-17)23-6-8-24(9-7-23)16(26)14-3-1-10-27-14/h1-5,10,12H,6-9,11H2,(H,19,20,21,22). The molecule has 0 spiro atoms. The summed E-state index contributed by atoms with van der Waals surface area (Å²) in [5.41, 5.74) is 0.697. The first kappa shape index (κ1) is 18.1. The molecule has 2 amide bonds. The minimum Gasteiger partial charge on any atom is -0.459 e. The summed E-state index contributed by atoms with van der Waals surface area (Å²) in [5, 5.41) is 5.50. The summed E-state index contributed by atoms with van der Waals surface area (Å²) in [4.78, 5) is 40.9. The van der Waals surface area contributed by atoms with Crippen molar-refractivity contribution in [2.45, 2.75) is 6.42 Å². The van der Waals surface area contributed by atoms with E-state index in [9.17, 15) is 9.59 Å².